The molecule has 3 aliphatic rings. The number of hydrogen-bond donors (Lipinski definition) is 0. The number of methoxy groups -OCH3 is 1. The SMILES string of the molecule is COC(=O)[C@]12CN(C)C[C@H]1CN(CC(C)(C)N1CCOCC1)C2. The number of ether oxygens (including phenoxy) is 2. The number of fused-ring (bicyclic) bond motifs is 1. The first-order valence-electron chi connectivity index (χ1n) is 8.69. The van der Waals surface area contributed by atoms with Crippen molar-refractivity contribution in [2.45, 2.75) is 19.4 Å². The largest absolute Gasteiger partial charge is 0.469 e. The number of hydrogen-bond acceptors (Lipinski definition) is 6. The van der Waals surface area contributed by atoms with Gasteiger partial charge in [-0.15, -0.1) is 0 Å². The summed E-state index contributed by atoms with van der Waals surface area (Å²) < 4.78 is 10.6. The van der Waals surface area contributed by atoms with Crippen molar-refractivity contribution in [1.29, 1.82) is 0 Å². The number of esters is 1. The number of likely N-dealkylation sites (tertiary alicyclic amines) is 2. The van der Waals surface area contributed by atoms with E-state index in [0.717, 1.165) is 59.0 Å². The van der Waals surface area contributed by atoms with Crippen LogP contribution in [0.4, 0.5) is 0 Å². The van der Waals surface area contributed by atoms with Crippen LogP contribution < -0.4 is 0 Å². The number of carbonyl (C=O) groups excluding carboxylic acids is 1. The molecular formula is C17H31N3O3. The van der Waals surface area contributed by atoms with Gasteiger partial charge in [0.15, 0.2) is 0 Å². The molecule has 0 aliphatic carbocycles. The Labute approximate surface area is 139 Å². The Morgan fingerprint density at radius 3 is 2.61 bits per heavy atom. The molecule has 0 bridgehead atoms. The Morgan fingerprint density at radius 1 is 1.26 bits per heavy atom. The molecule has 3 fully saturated rings. The maximum absolute atomic E-state index is 12.5. The second-order valence-electron chi connectivity index (χ2n) is 8.12. The number of rotatable bonds is 4. The van der Waals surface area contributed by atoms with E-state index >= 15 is 0 Å². The average molecular weight is 325 g/mol. The van der Waals surface area contributed by atoms with E-state index in [9.17, 15) is 4.79 Å². The lowest BCUT2D eigenvalue weighted by molar-refractivity contribution is -0.152. The van der Waals surface area contributed by atoms with Crippen LogP contribution in [-0.4, -0.2) is 99.4 Å². The van der Waals surface area contributed by atoms with E-state index in [1.165, 1.54) is 7.11 Å². The molecule has 2 atom stereocenters. The van der Waals surface area contributed by atoms with E-state index in [-0.39, 0.29) is 16.9 Å². The predicted molar refractivity (Wildman–Crippen MR) is 88.3 cm³/mol. The molecule has 132 valence electrons. The first-order chi connectivity index (χ1) is 10.9. The average Bonchev–Trinajstić information content (AvgIpc) is 2.99. The highest BCUT2D eigenvalue weighted by atomic mass is 16.5. The fraction of sp³-hybridized carbons (Fsp3) is 0.941. The minimum atomic E-state index is -0.329. The number of nitrogens with zero attached hydrogens (tertiary/aromatic N) is 3. The highest BCUT2D eigenvalue weighted by Gasteiger charge is 2.57. The smallest absolute Gasteiger partial charge is 0.314 e. The van der Waals surface area contributed by atoms with Crippen LogP contribution in [0.15, 0.2) is 0 Å². The summed E-state index contributed by atoms with van der Waals surface area (Å²) in [6, 6.07) is 0. The minimum absolute atomic E-state index is 0.0291. The van der Waals surface area contributed by atoms with Crippen molar-refractivity contribution in [2.24, 2.45) is 11.3 Å². The predicted octanol–water partition coefficient (Wildman–Crippen LogP) is 0.134. The maximum Gasteiger partial charge on any atom is 0.314 e. The summed E-state index contributed by atoms with van der Waals surface area (Å²) >= 11 is 0. The minimum Gasteiger partial charge on any atom is -0.469 e. The van der Waals surface area contributed by atoms with Crippen molar-refractivity contribution in [3.63, 3.8) is 0 Å². The molecule has 0 spiro atoms. The van der Waals surface area contributed by atoms with Gasteiger partial charge in [-0.25, -0.2) is 0 Å². The van der Waals surface area contributed by atoms with Crippen molar-refractivity contribution in [3.8, 4) is 0 Å². The topological polar surface area (TPSA) is 45.2 Å². The van der Waals surface area contributed by atoms with Crippen molar-refractivity contribution < 1.29 is 14.3 Å². The molecule has 0 aromatic carbocycles. The van der Waals surface area contributed by atoms with Crippen LogP contribution in [0.2, 0.25) is 0 Å². The van der Waals surface area contributed by atoms with Crippen molar-refractivity contribution in [3.05, 3.63) is 0 Å². The maximum atomic E-state index is 12.5. The molecule has 3 heterocycles. The van der Waals surface area contributed by atoms with Crippen molar-refractivity contribution in [2.75, 3.05) is 73.2 Å². The van der Waals surface area contributed by atoms with E-state index < -0.39 is 0 Å². The van der Waals surface area contributed by atoms with Gasteiger partial charge in [-0.1, -0.05) is 0 Å². The summed E-state index contributed by atoms with van der Waals surface area (Å²) in [5.74, 6) is 0.360. The lowest BCUT2D eigenvalue weighted by atomic mass is 9.81. The Kier molecular flexibility index (Phi) is 4.71. The van der Waals surface area contributed by atoms with Gasteiger partial charge >= 0.3 is 5.97 Å². The zero-order valence-electron chi connectivity index (χ0n) is 15.0. The molecule has 6 heteroatoms. The van der Waals surface area contributed by atoms with Gasteiger partial charge in [0.2, 0.25) is 0 Å². The van der Waals surface area contributed by atoms with Gasteiger partial charge in [0.1, 0.15) is 0 Å². The normalized spacial score (nSPS) is 33.8. The van der Waals surface area contributed by atoms with Gasteiger partial charge in [-0.05, 0) is 20.9 Å². The molecule has 0 aromatic heterocycles. The van der Waals surface area contributed by atoms with Gasteiger partial charge < -0.3 is 14.4 Å². The monoisotopic (exact) mass is 325 g/mol. The first kappa shape index (κ1) is 17.1. The van der Waals surface area contributed by atoms with Crippen LogP contribution in [0.3, 0.4) is 0 Å². The fourth-order valence-corrected chi connectivity index (χ4v) is 4.85. The highest BCUT2D eigenvalue weighted by molar-refractivity contribution is 5.79. The highest BCUT2D eigenvalue weighted by Crippen LogP contribution is 2.43. The molecule has 3 rings (SSSR count). The quantitative estimate of drug-likeness (QED) is 0.685. The first-order valence-corrected chi connectivity index (χ1v) is 8.69. The summed E-state index contributed by atoms with van der Waals surface area (Å²) in [5.41, 5.74) is -0.226. The third-order valence-corrected chi connectivity index (χ3v) is 5.92. The Morgan fingerprint density at radius 2 is 1.96 bits per heavy atom. The molecule has 0 unspecified atom stereocenters. The molecule has 3 saturated heterocycles. The summed E-state index contributed by atoms with van der Waals surface area (Å²) in [5, 5.41) is 0. The molecule has 3 aliphatic heterocycles. The number of carbonyl (C=O) groups is 1. The van der Waals surface area contributed by atoms with E-state index in [2.05, 4.69) is 35.6 Å². The Hall–Kier alpha value is -0.690. The van der Waals surface area contributed by atoms with Crippen LogP contribution >= 0.6 is 0 Å². The molecule has 6 nitrogen and oxygen atoms in total. The summed E-state index contributed by atoms with van der Waals surface area (Å²) in [7, 11) is 3.62. The van der Waals surface area contributed by atoms with Crippen LogP contribution in [0.5, 0.6) is 0 Å². The van der Waals surface area contributed by atoms with Crippen LogP contribution in [0.1, 0.15) is 13.8 Å². The molecule has 0 N–H and O–H groups in total. The zero-order chi connectivity index (χ0) is 16.7. The lowest BCUT2D eigenvalue weighted by Crippen LogP contribution is -2.55. The summed E-state index contributed by atoms with van der Waals surface area (Å²) in [4.78, 5) is 19.7. The van der Waals surface area contributed by atoms with Crippen molar-refractivity contribution >= 4 is 5.97 Å². The van der Waals surface area contributed by atoms with Gasteiger partial charge in [-0.3, -0.25) is 14.6 Å². The third kappa shape index (κ3) is 3.14. The van der Waals surface area contributed by atoms with Crippen LogP contribution in [0, 0.1) is 11.3 Å². The second-order valence-corrected chi connectivity index (χ2v) is 8.12. The lowest BCUT2D eigenvalue weighted by Gasteiger charge is -2.43. The Bertz CT molecular complexity index is 450. The molecule has 0 saturated carbocycles. The molecule has 0 aromatic rings. The van der Waals surface area contributed by atoms with Gasteiger partial charge in [0, 0.05) is 57.3 Å². The standard InChI is InChI=1S/C17H31N3O3/c1-16(2,20-5-7-23-8-6-20)11-19-10-14-9-18(3)12-17(14,13-19)15(21)22-4/h14H,5-13H2,1-4H3/t14-,17-/m0/s1. The van der Waals surface area contributed by atoms with E-state index in [1.807, 2.05) is 0 Å². The van der Waals surface area contributed by atoms with E-state index in [4.69, 9.17) is 9.47 Å². The molecule has 0 amide bonds. The molecule has 23 heavy (non-hydrogen) atoms. The Balaban J connectivity index is 1.68. The fourth-order valence-electron chi connectivity index (χ4n) is 4.85. The second kappa shape index (κ2) is 6.31. The van der Waals surface area contributed by atoms with E-state index in [0.29, 0.717) is 5.92 Å². The van der Waals surface area contributed by atoms with Crippen LogP contribution in [-0.2, 0) is 14.3 Å². The van der Waals surface area contributed by atoms with Gasteiger partial charge in [0.05, 0.1) is 25.7 Å². The van der Waals surface area contributed by atoms with Crippen LogP contribution in [0.25, 0.3) is 0 Å². The third-order valence-electron chi connectivity index (χ3n) is 5.92. The van der Waals surface area contributed by atoms with Crippen molar-refractivity contribution in [1.82, 2.24) is 14.7 Å². The summed E-state index contributed by atoms with van der Waals surface area (Å²) in [6.07, 6.45) is 0. The van der Waals surface area contributed by atoms with Gasteiger partial charge in [0.25, 0.3) is 0 Å². The molecule has 0 radical (unpaired) electrons. The summed E-state index contributed by atoms with van der Waals surface area (Å²) in [6.45, 7) is 12.9. The van der Waals surface area contributed by atoms with E-state index in [1.54, 1.807) is 0 Å². The number of morpholine rings is 1. The molecular weight excluding hydrogens is 294 g/mol. The zero-order valence-corrected chi connectivity index (χ0v) is 15.0. The van der Waals surface area contributed by atoms with Gasteiger partial charge in [-0.2, -0.15) is 0 Å².